The van der Waals surface area contributed by atoms with E-state index < -0.39 is 0 Å². The normalized spacial score (nSPS) is 19.6. The number of nitrogens with zero attached hydrogens (tertiary/aromatic N) is 5. The highest BCUT2D eigenvalue weighted by Gasteiger charge is 2.21. The number of piperidine rings is 1. The summed E-state index contributed by atoms with van der Waals surface area (Å²) in [4.78, 5) is 4.21. The number of aromatic nitrogens is 4. The third-order valence-electron chi connectivity index (χ3n) is 4.58. The monoisotopic (exact) mass is 319 g/mol. The zero-order valence-electron chi connectivity index (χ0n) is 13.3. The van der Waals surface area contributed by atoms with Gasteiger partial charge in [-0.15, -0.1) is 16.4 Å². The Morgan fingerprint density at radius 3 is 3.05 bits per heavy atom. The molecule has 3 rings (SSSR count). The van der Waals surface area contributed by atoms with Gasteiger partial charge in [0, 0.05) is 24.0 Å². The average molecular weight is 319 g/mol. The van der Waals surface area contributed by atoms with Crippen LogP contribution in [0.2, 0.25) is 0 Å². The minimum absolute atomic E-state index is 0.755. The summed E-state index contributed by atoms with van der Waals surface area (Å²) in [6.45, 7) is 5.30. The fourth-order valence-corrected chi connectivity index (χ4v) is 4.05. The Morgan fingerprint density at radius 1 is 1.32 bits per heavy atom. The average Bonchev–Trinajstić information content (AvgIpc) is 3.18. The van der Waals surface area contributed by atoms with Gasteiger partial charge in [-0.1, -0.05) is 12.5 Å². The molecule has 0 saturated carbocycles. The van der Waals surface area contributed by atoms with Gasteiger partial charge in [0.1, 0.15) is 5.82 Å². The predicted octanol–water partition coefficient (Wildman–Crippen LogP) is 2.92. The van der Waals surface area contributed by atoms with Crippen molar-refractivity contribution in [1.29, 1.82) is 0 Å². The van der Waals surface area contributed by atoms with E-state index in [1.54, 1.807) is 0 Å². The van der Waals surface area contributed by atoms with Crippen LogP contribution in [0.25, 0.3) is 0 Å². The maximum absolute atomic E-state index is 4.03. The molecule has 0 unspecified atom stereocenters. The lowest BCUT2D eigenvalue weighted by Gasteiger charge is -2.35. The highest BCUT2D eigenvalue weighted by Crippen LogP contribution is 2.22. The van der Waals surface area contributed by atoms with Gasteiger partial charge in [0.05, 0.1) is 0 Å². The molecule has 0 aromatic carbocycles. The Kier molecular flexibility index (Phi) is 5.56. The highest BCUT2D eigenvalue weighted by atomic mass is 32.1. The summed E-state index contributed by atoms with van der Waals surface area (Å²) in [6, 6.07) is 5.18. The van der Waals surface area contributed by atoms with E-state index in [4.69, 9.17) is 0 Å². The maximum Gasteiger partial charge on any atom is 0.148 e. The first kappa shape index (κ1) is 15.6. The van der Waals surface area contributed by atoms with Crippen molar-refractivity contribution in [3.8, 4) is 0 Å². The van der Waals surface area contributed by atoms with Gasteiger partial charge in [-0.05, 0) is 67.4 Å². The fourth-order valence-electron chi connectivity index (χ4n) is 3.32. The molecular weight excluding hydrogens is 294 g/mol. The first-order valence-corrected chi connectivity index (χ1v) is 9.20. The number of hydrogen-bond acceptors (Lipinski definition) is 5. The second-order valence-corrected chi connectivity index (χ2v) is 7.14. The summed E-state index contributed by atoms with van der Waals surface area (Å²) >= 11 is 1.89. The molecule has 1 aliphatic rings. The minimum atomic E-state index is 0.755. The van der Waals surface area contributed by atoms with Gasteiger partial charge in [0.15, 0.2) is 0 Å². The smallest absolute Gasteiger partial charge is 0.148 e. The van der Waals surface area contributed by atoms with E-state index in [0.717, 1.165) is 31.4 Å². The molecule has 2 aromatic heterocycles. The van der Waals surface area contributed by atoms with Crippen LogP contribution in [-0.4, -0.2) is 44.2 Å². The summed E-state index contributed by atoms with van der Waals surface area (Å²) in [5.74, 6) is 0.910. The molecule has 1 fully saturated rings. The van der Waals surface area contributed by atoms with Gasteiger partial charge < -0.3 is 4.90 Å². The van der Waals surface area contributed by atoms with E-state index in [2.05, 4.69) is 37.9 Å². The van der Waals surface area contributed by atoms with Crippen LogP contribution < -0.4 is 0 Å². The Hall–Kier alpha value is -1.27. The van der Waals surface area contributed by atoms with Crippen molar-refractivity contribution in [3.63, 3.8) is 0 Å². The third kappa shape index (κ3) is 4.14. The Balaban J connectivity index is 1.46. The molecule has 0 radical (unpaired) electrons. The molecule has 0 bridgehead atoms. The molecular formula is C16H25N5S. The molecule has 1 atom stereocenters. The summed E-state index contributed by atoms with van der Waals surface area (Å²) in [6.07, 6.45) is 7.74. The highest BCUT2D eigenvalue weighted by molar-refractivity contribution is 7.09. The van der Waals surface area contributed by atoms with Crippen molar-refractivity contribution in [2.24, 2.45) is 0 Å². The van der Waals surface area contributed by atoms with Crippen molar-refractivity contribution < 1.29 is 0 Å². The van der Waals surface area contributed by atoms with Crippen LogP contribution >= 0.6 is 11.3 Å². The first-order valence-electron chi connectivity index (χ1n) is 8.32. The maximum atomic E-state index is 4.03. The van der Waals surface area contributed by atoms with E-state index in [1.165, 1.54) is 43.5 Å². The Labute approximate surface area is 136 Å². The molecule has 3 heterocycles. The number of aryl methyl sites for hydroxylation is 3. The molecule has 0 amide bonds. The zero-order chi connectivity index (χ0) is 15.2. The van der Waals surface area contributed by atoms with Crippen LogP contribution in [0.5, 0.6) is 0 Å². The molecule has 0 spiro atoms. The Bertz CT molecular complexity index is 551. The van der Waals surface area contributed by atoms with Crippen LogP contribution in [-0.2, 0) is 13.0 Å². The SMILES string of the molecule is Cc1nnnn1CCCN1CCCC[C@H]1CCc1cccs1. The van der Waals surface area contributed by atoms with E-state index >= 15 is 0 Å². The first-order chi connectivity index (χ1) is 10.8. The van der Waals surface area contributed by atoms with Crippen LogP contribution in [0, 0.1) is 6.92 Å². The van der Waals surface area contributed by atoms with E-state index in [-0.39, 0.29) is 0 Å². The third-order valence-corrected chi connectivity index (χ3v) is 5.52. The quantitative estimate of drug-likeness (QED) is 0.787. The molecule has 2 aromatic rings. The van der Waals surface area contributed by atoms with Gasteiger partial charge in [-0.3, -0.25) is 0 Å². The summed E-state index contributed by atoms with van der Waals surface area (Å²) in [5.41, 5.74) is 0. The van der Waals surface area contributed by atoms with E-state index in [9.17, 15) is 0 Å². The topological polar surface area (TPSA) is 46.8 Å². The van der Waals surface area contributed by atoms with Crippen LogP contribution in [0.1, 0.15) is 42.8 Å². The van der Waals surface area contributed by atoms with Crippen LogP contribution in [0.3, 0.4) is 0 Å². The molecule has 1 aliphatic heterocycles. The van der Waals surface area contributed by atoms with Crippen molar-refractivity contribution in [2.75, 3.05) is 13.1 Å². The number of tetrazole rings is 1. The van der Waals surface area contributed by atoms with E-state index in [0.29, 0.717) is 0 Å². The molecule has 22 heavy (non-hydrogen) atoms. The van der Waals surface area contributed by atoms with Crippen LogP contribution in [0.15, 0.2) is 17.5 Å². The minimum Gasteiger partial charge on any atom is -0.300 e. The number of likely N-dealkylation sites (tertiary alicyclic amines) is 1. The van der Waals surface area contributed by atoms with Gasteiger partial charge in [-0.2, -0.15) is 0 Å². The molecule has 1 saturated heterocycles. The van der Waals surface area contributed by atoms with Crippen LogP contribution in [0.4, 0.5) is 0 Å². The van der Waals surface area contributed by atoms with Crippen molar-refractivity contribution in [3.05, 3.63) is 28.2 Å². The Morgan fingerprint density at radius 2 is 2.27 bits per heavy atom. The van der Waals surface area contributed by atoms with Crippen molar-refractivity contribution >= 4 is 11.3 Å². The summed E-state index contributed by atoms with van der Waals surface area (Å²) < 4.78 is 1.91. The molecule has 6 heteroatoms. The van der Waals surface area contributed by atoms with Gasteiger partial charge in [0.25, 0.3) is 0 Å². The lowest BCUT2D eigenvalue weighted by Crippen LogP contribution is -2.40. The zero-order valence-corrected chi connectivity index (χ0v) is 14.1. The molecule has 0 aliphatic carbocycles. The second-order valence-electron chi connectivity index (χ2n) is 6.11. The second kappa shape index (κ2) is 7.83. The molecule has 120 valence electrons. The number of rotatable bonds is 7. The van der Waals surface area contributed by atoms with Gasteiger partial charge in [-0.25, -0.2) is 4.68 Å². The fraction of sp³-hybridized carbons (Fsp3) is 0.688. The largest absolute Gasteiger partial charge is 0.300 e. The van der Waals surface area contributed by atoms with E-state index in [1.807, 2.05) is 22.9 Å². The van der Waals surface area contributed by atoms with Gasteiger partial charge in [0.2, 0.25) is 0 Å². The molecule has 5 nitrogen and oxygen atoms in total. The summed E-state index contributed by atoms with van der Waals surface area (Å²) in [7, 11) is 0. The summed E-state index contributed by atoms with van der Waals surface area (Å²) in [5, 5.41) is 13.9. The van der Waals surface area contributed by atoms with Crippen molar-refractivity contribution in [2.45, 2.75) is 58.0 Å². The lowest BCUT2D eigenvalue weighted by atomic mass is 9.97. The van der Waals surface area contributed by atoms with Gasteiger partial charge >= 0.3 is 0 Å². The number of hydrogen-bond donors (Lipinski definition) is 0. The number of thiophene rings is 1. The molecule has 0 N–H and O–H groups in total. The van der Waals surface area contributed by atoms with Crippen molar-refractivity contribution in [1.82, 2.24) is 25.1 Å². The lowest BCUT2D eigenvalue weighted by molar-refractivity contribution is 0.136. The standard InChI is InChI=1S/C16H25N5S/c1-14-17-18-19-21(14)12-5-11-20-10-3-2-6-15(20)8-9-16-7-4-13-22-16/h4,7,13,15H,2-3,5-6,8-12H2,1H3/t15-/m0/s1. The predicted molar refractivity (Wildman–Crippen MR) is 89.0 cm³/mol.